The molecule has 1 heterocycles. The lowest BCUT2D eigenvalue weighted by molar-refractivity contribution is -0.120. The van der Waals surface area contributed by atoms with Crippen molar-refractivity contribution >= 4 is 22.7 Å². The molecule has 5 nitrogen and oxygen atoms in total. The van der Waals surface area contributed by atoms with Crippen molar-refractivity contribution in [1.82, 2.24) is 15.6 Å². The standard InChI is InChI=1S/C20H20FN3O2/c1-13-16(17-11-15(21)7-8-18(17)24-13)12-19(25)22-9-10-23-20(26)14-5-3-2-4-6-14/h2-8,11,24H,9-10,12H2,1H3,(H,22,25)(H,23,26). The van der Waals surface area contributed by atoms with Crippen molar-refractivity contribution in [3.05, 3.63) is 71.2 Å². The molecule has 0 aliphatic heterocycles. The Morgan fingerprint density at radius 2 is 1.77 bits per heavy atom. The van der Waals surface area contributed by atoms with E-state index in [4.69, 9.17) is 0 Å². The van der Waals surface area contributed by atoms with Gasteiger partial charge in [-0.25, -0.2) is 4.39 Å². The lowest BCUT2D eigenvalue weighted by Crippen LogP contribution is -2.35. The molecule has 26 heavy (non-hydrogen) atoms. The fraction of sp³-hybridized carbons (Fsp3) is 0.200. The molecular formula is C20H20FN3O2. The molecule has 6 heteroatoms. The molecule has 0 bridgehead atoms. The summed E-state index contributed by atoms with van der Waals surface area (Å²) in [6.07, 6.45) is 0.155. The molecule has 1 aromatic heterocycles. The van der Waals surface area contributed by atoms with Crippen LogP contribution < -0.4 is 10.6 Å². The summed E-state index contributed by atoms with van der Waals surface area (Å²) >= 11 is 0. The van der Waals surface area contributed by atoms with Gasteiger partial charge in [-0.3, -0.25) is 9.59 Å². The number of hydrogen-bond acceptors (Lipinski definition) is 2. The van der Waals surface area contributed by atoms with Gasteiger partial charge in [0, 0.05) is 35.2 Å². The Labute approximate surface area is 150 Å². The molecule has 134 valence electrons. The number of amides is 2. The van der Waals surface area contributed by atoms with Gasteiger partial charge in [0.15, 0.2) is 0 Å². The zero-order chi connectivity index (χ0) is 18.5. The monoisotopic (exact) mass is 353 g/mol. The third-order valence-corrected chi connectivity index (χ3v) is 4.19. The molecule has 0 saturated heterocycles. The lowest BCUT2D eigenvalue weighted by atomic mass is 10.1. The maximum absolute atomic E-state index is 13.5. The molecule has 0 saturated carbocycles. The molecule has 0 aliphatic carbocycles. The SMILES string of the molecule is Cc1[nH]c2ccc(F)cc2c1CC(=O)NCCNC(=O)c1ccccc1. The number of H-pyrrole nitrogens is 1. The minimum atomic E-state index is -0.332. The average molecular weight is 353 g/mol. The fourth-order valence-corrected chi connectivity index (χ4v) is 2.88. The van der Waals surface area contributed by atoms with Crippen molar-refractivity contribution in [2.75, 3.05) is 13.1 Å². The molecule has 0 aliphatic rings. The van der Waals surface area contributed by atoms with E-state index in [1.165, 1.54) is 12.1 Å². The van der Waals surface area contributed by atoms with Crippen LogP contribution >= 0.6 is 0 Å². The van der Waals surface area contributed by atoms with Crippen LogP contribution in [0.25, 0.3) is 10.9 Å². The Hall–Kier alpha value is -3.15. The second-order valence-corrected chi connectivity index (χ2v) is 6.07. The maximum Gasteiger partial charge on any atom is 0.251 e. The predicted molar refractivity (Wildman–Crippen MR) is 98.5 cm³/mol. The second kappa shape index (κ2) is 7.82. The maximum atomic E-state index is 13.5. The number of aromatic nitrogens is 1. The van der Waals surface area contributed by atoms with E-state index in [9.17, 15) is 14.0 Å². The molecule has 0 unspecified atom stereocenters. The highest BCUT2D eigenvalue weighted by atomic mass is 19.1. The van der Waals surface area contributed by atoms with Gasteiger partial charge in [0.05, 0.1) is 6.42 Å². The van der Waals surface area contributed by atoms with Crippen molar-refractivity contribution in [1.29, 1.82) is 0 Å². The first-order chi connectivity index (χ1) is 12.5. The van der Waals surface area contributed by atoms with Gasteiger partial charge in [0.25, 0.3) is 5.91 Å². The van der Waals surface area contributed by atoms with Gasteiger partial charge in [-0.05, 0) is 42.8 Å². The van der Waals surface area contributed by atoms with Gasteiger partial charge >= 0.3 is 0 Å². The third-order valence-electron chi connectivity index (χ3n) is 4.19. The predicted octanol–water partition coefficient (Wildman–Crippen LogP) is 2.70. The van der Waals surface area contributed by atoms with E-state index < -0.39 is 0 Å². The van der Waals surface area contributed by atoms with E-state index in [2.05, 4.69) is 15.6 Å². The summed E-state index contributed by atoms with van der Waals surface area (Å²) in [5.74, 6) is -0.684. The number of aryl methyl sites for hydroxylation is 1. The van der Waals surface area contributed by atoms with E-state index in [0.717, 1.165) is 22.2 Å². The number of carbonyl (C=O) groups is 2. The number of nitrogens with one attached hydrogen (secondary N) is 3. The number of aromatic amines is 1. The highest BCUT2D eigenvalue weighted by Crippen LogP contribution is 2.23. The smallest absolute Gasteiger partial charge is 0.251 e. The largest absolute Gasteiger partial charge is 0.358 e. The lowest BCUT2D eigenvalue weighted by Gasteiger charge is -2.07. The zero-order valence-electron chi connectivity index (χ0n) is 14.4. The summed E-state index contributed by atoms with van der Waals surface area (Å²) in [5.41, 5.74) is 3.01. The molecule has 0 spiro atoms. The van der Waals surface area contributed by atoms with E-state index in [-0.39, 0.29) is 24.1 Å². The second-order valence-electron chi connectivity index (χ2n) is 6.07. The minimum Gasteiger partial charge on any atom is -0.358 e. The van der Waals surface area contributed by atoms with E-state index in [1.807, 2.05) is 13.0 Å². The van der Waals surface area contributed by atoms with Crippen LogP contribution in [-0.4, -0.2) is 29.9 Å². The summed E-state index contributed by atoms with van der Waals surface area (Å²) in [5, 5.41) is 6.24. The van der Waals surface area contributed by atoms with E-state index in [0.29, 0.717) is 18.7 Å². The summed E-state index contributed by atoms with van der Waals surface area (Å²) in [6, 6.07) is 13.4. The topological polar surface area (TPSA) is 74.0 Å². The first-order valence-corrected chi connectivity index (χ1v) is 8.41. The van der Waals surface area contributed by atoms with Crippen LogP contribution in [0.2, 0.25) is 0 Å². The molecule has 2 amide bonds. The van der Waals surface area contributed by atoms with E-state index >= 15 is 0 Å². The third kappa shape index (κ3) is 4.08. The molecular weight excluding hydrogens is 333 g/mol. The van der Waals surface area contributed by atoms with Gasteiger partial charge in [-0.15, -0.1) is 0 Å². The minimum absolute atomic E-state index is 0.155. The van der Waals surface area contributed by atoms with Crippen molar-refractivity contribution < 1.29 is 14.0 Å². The van der Waals surface area contributed by atoms with Crippen molar-refractivity contribution in [3.63, 3.8) is 0 Å². The Kier molecular flexibility index (Phi) is 5.31. The molecule has 0 radical (unpaired) electrons. The number of hydrogen-bond donors (Lipinski definition) is 3. The van der Waals surface area contributed by atoms with Crippen molar-refractivity contribution in [2.45, 2.75) is 13.3 Å². The Bertz CT molecular complexity index is 935. The van der Waals surface area contributed by atoms with Crippen LogP contribution in [0.3, 0.4) is 0 Å². The molecule has 3 rings (SSSR count). The molecule has 0 fully saturated rings. The van der Waals surface area contributed by atoms with Crippen LogP contribution in [0.5, 0.6) is 0 Å². The molecule has 0 atom stereocenters. The molecule has 3 N–H and O–H groups in total. The summed E-state index contributed by atoms with van der Waals surface area (Å²) in [4.78, 5) is 27.2. The number of benzene rings is 2. The van der Waals surface area contributed by atoms with Gasteiger partial charge in [-0.2, -0.15) is 0 Å². The highest BCUT2D eigenvalue weighted by Gasteiger charge is 2.13. The molecule has 2 aromatic carbocycles. The van der Waals surface area contributed by atoms with Crippen molar-refractivity contribution in [2.24, 2.45) is 0 Å². The van der Waals surface area contributed by atoms with Gasteiger partial charge in [0.1, 0.15) is 5.82 Å². The number of rotatable bonds is 6. The van der Waals surface area contributed by atoms with Crippen molar-refractivity contribution in [3.8, 4) is 0 Å². The van der Waals surface area contributed by atoms with Crippen LogP contribution in [0, 0.1) is 12.7 Å². The highest BCUT2D eigenvalue weighted by molar-refractivity contribution is 5.94. The quantitative estimate of drug-likeness (QED) is 0.596. The average Bonchev–Trinajstić information content (AvgIpc) is 2.94. The zero-order valence-corrected chi connectivity index (χ0v) is 14.4. The number of fused-ring (bicyclic) bond motifs is 1. The number of carbonyl (C=O) groups excluding carboxylic acids is 2. The first-order valence-electron chi connectivity index (χ1n) is 8.41. The Morgan fingerprint density at radius 3 is 2.54 bits per heavy atom. The van der Waals surface area contributed by atoms with Crippen LogP contribution in [0.4, 0.5) is 4.39 Å². The van der Waals surface area contributed by atoms with Crippen LogP contribution in [0.15, 0.2) is 48.5 Å². The van der Waals surface area contributed by atoms with Gasteiger partial charge in [-0.1, -0.05) is 18.2 Å². The summed E-state index contributed by atoms with van der Waals surface area (Å²) < 4.78 is 13.5. The van der Waals surface area contributed by atoms with Gasteiger partial charge in [0.2, 0.25) is 5.91 Å². The Morgan fingerprint density at radius 1 is 1.04 bits per heavy atom. The summed E-state index contributed by atoms with van der Waals surface area (Å²) in [6.45, 7) is 2.52. The Balaban J connectivity index is 1.51. The fourth-order valence-electron chi connectivity index (χ4n) is 2.88. The van der Waals surface area contributed by atoms with Crippen LogP contribution in [0.1, 0.15) is 21.6 Å². The normalized spacial score (nSPS) is 10.7. The van der Waals surface area contributed by atoms with Gasteiger partial charge < -0.3 is 15.6 Å². The van der Waals surface area contributed by atoms with E-state index in [1.54, 1.807) is 30.3 Å². The summed E-state index contributed by atoms with van der Waals surface area (Å²) in [7, 11) is 0. The molecule has 3 aromatic rings. The van der Waals surface area contributed by atoms with Crippen LogP contribution in [-0.2, 0) is 11.2 Å². The number of halogens is 1. The first kappa shape index (κ1) is 17.7.